The largest absolute Gasteiger partial charge is 0.394 e. The van der Waals surface area contributed by atoms with Crippen LogP contribution in [0.15, 0.2) is 0 Å². The fourth-order valence-corrected chi connectivity index (χ4v) is 3.36. The number of carbonyl (C=O) groups excluding carboxylic acids is 1. The molecule has 6 heteroatoms. The molecule has 19 heavy (non-hydrogen) atoms. The molecule has 1 heterocycles. The van der Waals surface area contributed by atoms with Crippen molar-refractivity contribution in [3.8, 4) is 0 Å². The lowest BCUT2D eigenvalue weighted by molar-refractivity contribution is -0.150. The number of rotatable bonds is 3. The summed E-state index contributed by atoms with van der Waals surface area (Å²) >= 11 is 5.18. The van der Waals surface area contributed by atoms with Crippen LogP contribution in [0, 0.1) is 5.41 Å². The Labute approximate surface area is 119 Å². The summed E-state index contributed by atoms with van der Waals surface area (Å²) in [6.07, 6.45) is 4.56. The van der Waals surface area contributed by atoms with Crippen molar-refractivity contribution in [3.63, 3.8) is 0 Å². The smallest absolute Gasteiger partial charge is 0.236 e. The highest BCUT2D eigenvalue weighted by atomic mass is 32.1. The van der Waals surface area contributed by atoms with Crippen molar-refractivity contribution in [2.24, 2.45) is 11.1 Å². The van der Waals surface area contributed by atoms with Gasteiger partial charge in [-0.2, -0.15) is 0 Å². The summed E-state index contributed by atoms with van der Waals surface area (Å²) in [6, 6.07) is -0.269. The van der Waals surface area contributed by atoms with Crippen molar-refractivity contribution in [1.82, 2.24) is 4.90 Å². The molecule has 1 aliphatic heterocycles. The number of hydrogen-bond acceptors (Lipinski definition) is 4. The van der Waals surface area contributed by atoms with E-state index in [1.165, 1.54) is 0 Å². The fraction of sp³-hybridized carbons (Fsp3) is 0.846. The van der Waals surface area contributed by atoms with Crippen molar-refractivity contribution in [2.45, 2.75) is 38.1 Å². The Hall–Kier alpha value is -0.720. The monoisotopic (exact) mass is 286 g/mol. The summed E-state index contributed by atoms with van der Waals surface area (Å²) in [5, 5.41) is 9.39. The molecule has 3 N–H and O–H groups in total. The number of thiocarbonyl (C=S) groups is 1. The molecular formula is C13H22N2O3S. The molecule has 1 amide bonds. The SMILES string of the molecule is NC(=S)C1(C(=O)N2CCOCC2CO)CCCCC1. The maximum atomic E-state index is 12.9. The third-order valence-electron chi connectivity index (χ3n) is 4.29. The van der Waals surface area contributed by atoms with Gasteiger partial charge in [-0.3, -0.25) is 4.79 Å². The number of carbonyl (C=O) groups is 1. The van der Waals surface area contributed by atoms with Crippen molar-refractivity contribution in [1.29, 1.82) is 0 Å². The molecule has 0 radical (unpaired) electrons. The molecule has 1 saturated carbocycles. The second-order valence-electron chi connectivity index (χ2n) is 5.42. The maximum absolute atomic E-state index is 12.9. The second kappa shape index (κ2) is 6.15. The first-order valence-corrected chi connectivity index (χ1v) is 7.32. The molecule has 0 aromatic heterocycles. The lowest BCUT2D eigenvalue weighted by atomic mass is 9.72. The van der Waals surface area contributed by atoms with E-state index in [4.69, 9.17) is 22.7 Å². The van der Waals surface area contributed by atoms with Gasteiger partial charge in [0.05, 0.1) is 36.3 Å². The number of aliphatic hydroxyl groups excluding tert-OH is 1. The molecule has 1 atom stereocenters. The van der Waals surface area contributed by atoms with Crippen LogP contribution in [0.5, 0.6) is 0 Å². The van der Waals surface area contributed by atoms with Crippen LogP contribution in [-0.2, 0) is 9.53 Å². The first-order valence-electron chi connectivity index (χ1n) is 6.91. The lowest BCUT2D eigenvalue weighted by Crippen LogP contribution is -2.58. The van der Waals surface area contributed by atoms with Gasteiger partial charge < -0.3 is 20.5 Å². The quantitative estimate of drug-likeness (QED) is 0.736. The van der Waals surface area contributed by atoms with Gasteiger partial charge in [-0.1, -0.05) is 31.5 Å². The predicted octanol–water partition coefficient (Wildman–Crippen LogP) is 0.443. The van der Waals surface area contributed by atoms with Crippen LogP contribution in [-0.4, -0.2) is 53.3 Å². The van der Waals surface area contributed by atoms with Gasteiger partial charge in [0.2, 0.25) is 5.91 Å². The van der Waals surface area contributed by atoms with E-state index >= 15 is 0 Å². The van der Waals surface area contributed by atoms with E-state index < -0.39 is 5.41 Å². The molecule has 0 aromatic rings. The zero-order valence-corrected chi connectivity index (χ0v) is 12.0. The van der Waals surface area contributed by atoms with Gasteiger partial charge in [0.25, 0.3) is 0 Å². The van der Waals surface area contributed by atoms with Crippen LogP contribution in [0.4, 0.5) is 0 Å². The van der Waals surface area contributed by atoms with E-state index in [0.29, 0.717) is 24.7 Å². The van der Waals surface area contributed by atoms with E-state index in [-0.39, 0.29) is 18.6 Å². The lowest BCUT2D eigenvalue weighted by Gasteiger charge is -2.43. The first kappa shape index (κ1) is 14.7. The van der Waals surface area contributed by atoms with Crippen LogP contribution in [0.2, 0.25) is 0 Å². The van der Waals surface area contributed by atoms with Gasteiger partial charge >= 0.3 is 0 Å². The highest BCUT2D eigenvalue weighted by Gasteiger charge is 2.46. The van der Waals surface area contributed by atoms with E-state index in [2.05, 4.69) is 0 Å². The van der Waals surface area contributed by atoms with Gasteiger partial charge in [0.1, 0.15) is 0 Å². The molecular weight excluding hydrogens is 264 g/mol. The average molecular weight is 286 g/mol. The Morgan fingerprint density at radius 2 is 2.11 bits per heavy atom. The van der Waals surface area contributed by atoms with Gasteiger partial charge in [0.15, 0.2) is 0 Å². The third kappa shape index (κ3) is 2.75. The molecule has 1 saturated heterocycles. The second-order valence-corrected chi connectivity index (χ2v) is 5.86. The van der Waals surface area contributed by atoms with Crippen LogP contribution in [0.25, 0.3) is 0 Å². The van der Waals surface area contributed by atoms with Crippen LogP contribution in [0.3, 0.4) is 0 Å². The number of amides is 1. The predicted molar refractivity (Wildman–Crippen MR) is 75.7 cm³/mol. The van der Waals surface area contributed by atoms with Crippen LogP contribution < -0.4 is 5.73 Å². The molecule has 0 spiro atoms. The van der Waals surface area contributed by atoms with Gasteiger partial charge in [-0.05, 0) is 12.8 Å². The molecule has 0 bridgehead atoms. The number of hydrogen-bond donors (Lipinski definition) is 2. The Bertz CT molecular complexity index is 356. The van der Waals surface area contributed by atoms with Crippen LogP contribution in [0.1, 0.15) is 32.1 Å². The average Bonchev–Trinajstić information content (AvgIpc) is 2.47. The van der Waals surface area contributed by atoms with Crippen molar-refractivity contribution < 1.29 is 14.6 Å². The van der Waals surface area contributed by atoms with E-state index in [1.54, 1.807) is 4.90 Å². The highest BCUT2D eigenvalue weighted by molar-refractivity contribution is 7.80. The zero-order chi connectivity index (χ0) is 13.9. The molecule has 2 rings (SSSR count). The third-order valence-corrected chi connectivity index (χ3v) is 4.68. The number of nitrogens with two attached hydrogens (primary N) is 1. The fourth-order valence-electron chi connectivity index (χ4n) is 3.07. The Kier molecular flexibility index (Phi) is 4.76. The minimum atomic E-state index is -0.696. The molecule has 108 valence electrons. The van der Waals surface area contributed by atoms with E-state index in [0.717, 1.165) is 32.1 Å². The molecule has 2 aliphatic rings. The maximum Gasteiger partial charge on any atom is 0.236 e. The first-order chi connectivity index (χ1) is 9.12. The summed E-state index contributed by atoms with van der Waals surface area (Å²) in [6.45, 7) is 1.32. The van der Waals surface area contributed by atoms with Crippen LogP contribution >= 0.6 is 12.2 Å². The van der Waals surface area contributed by atoms with Gasteiger partial charge in [0, 0.05) is 6.54 Å². The summed E-state index contributed by atoms with van der Waals surface area (Å²) in [5.41, 5.74) is 5.19. The summed E-state index contributed by atoms with van der Waals surface area (Å²) in [5.74, 6) is -0.0120. The Morgan fingerprint density at radius 1 is 1.42 bits per heavy atom. The Morgan fingerprint density at radius 3 is 2.68 bits per heavy atom. The molecule has 1 aliphatic carbocycles. The van der Waals surface area contributed by atoms with E-state index in [9.17, 15) is 9.90 Å². The topological polar surface area (TPSA) is 75.8 Å². The molecule has 1 unspecified atom stereocenters. The van der Waals surface area contributed by atoms with Crippen molar-refractivity contribution >= 4 is 23.1 Å². The normalized spacial score (nSPS) is 27.0. The molecule has 2 fully saturated rings. The van der Waals surface area contributed by atoms with E-state index in [1.807, 2.05) is 0 Å². The summed E-state index contributed by atoms with van der Waals surface area (Å²) in [7, 11) is 0. The van der Waals surface area contributed by atoms with Gasteiger partial charge in [-0.15, -0.1) is 0 Å². The molecule has 5 nitrogen and oxygen atoms in total. The standard InChI is InChI=1S/C13H22N2O3S/c14-11(19)13(4-2-1-3-5-13)12(17)15-6-7-18-9-10(15)8-16/h10,16H,1-9H2,(H2,14,19). The van der Waals surface area contributed by atoms with Crippen molar-refractivity contribution in [3.05, 3.63) is 0 Å². The number of nitrogens with zero attached hydrogens (tertiary/aromatic N) is 1. The minimum Gasteiger partial charge on any atom is -0.394 e. The Balaban J connectivity index is 2.21. The number of ether oxygens (including phenoxy) is 1. The zero-order valence-electron chi connectivity index (χ0n) is 11.1. The molecule has 0 aromatic carbocycles. The summed E-state index contributed by atoms with van der Waals surface area (Å²) < 4.78 is 5.32. The summed E-state index contributed by atoms with van der Waals surface area (Å²) in [4.78, 5) is 14.9. The minimum absolute atomic E-state index is 0.0120. The van der Waals surface area contributed by atoms with Gasteiger partial charge in [-0.25, -0.2) is 0 Å². The number of morpholine rings is 1. The highest BCUT2D eigenvalue weighted by Crippen LogP contribution is 2.39. The van der Waals surface area contributed by atoms with Crippen molar-refractivity contribution in [2.75, 3.05) is 26.4 Å². The number of aliphatic hydroxyl groups is 1.